The molecule has 1 aromatic rings. The van der Waals surface area contributed by atoms with Crippen molar-refractivity contribution < 1.29 is 8.78 Å². The van der Waals surface area contributed by atoms with Gasteiger partial charge in [-0.3, -0.25) is 0 Å². The summed E-state index contributed by atoms with van der Waals surface area (Å²) in [5.41, 5.74) is 0.721. The molecule has 1 aromatic carbocycles. The third-order valence-corrected chi connectivity index (χ3v) is 1.86. The topological polar surface area (TPSA) is 0 Å². The van der Waals surface area contributed by atoms with E-state index in [-0.39, 0.29) is 0 Å². The van der Waals surface area contributed by atoms with Crippen molar-refractivity contribution in [3.05, 3.63) is 54.0 Å². The third-order valence-electron chi connectivity index (χ3n) is 1.86. The highest BCUT2D eigenvalue weighted by atomic mass is 19.2. The van der Waals surface area contributed by atoms with Gasteiger partial charge in [-0.25, -0.2) is 8.78 Å². The number of halogens is 2. The molecule has 0 saturated heterocycles. The minimum Gasteiger partial charge on any atom is -0.204 e. The van der Waals surface area contributed by atoms with Crippen LogP contribution >= 0.6 is 0 Å². The Morgan fingerprint density at radius 2 is 2.08 bits per heavy atom. The quantitative estimate of drug-likeness (QED) is 0.626. The molecule has 0 atom stereocenters. The van der Waals surface area contributed by atoms with Crippen LogP contribution in [0.25, 0.3) is 0 Å². The van der Waals surface area contributed by atoms with Crippen molar-refractivity contribution in [2.75, 3.05) is 0 Å². The van der Waals surface area contributed by atoms with Gasteiger partial charge in [0.15, 0.2) is 11.6 Å². The van der Waals surface area contributed by atoms with Crippen molar-refractivity contribution in [3.63, 3.8) is 0 Å². The molecule has 0 heterocycles. The Morgan fingerprint density at radius 1 is 1.38 bits per heavy atom. The van der Waals surface area contributed by atoms with Crippen LogP contribution in [0, 0.1) is 17.6 Å². The van der Waals surface area contributed by atoms with E-state index in [1.807, 2.05) is 6.92 Å². The van der Waals surface area contributed by atoms with Crippen molar-refractivity contribution in [2.45, 2.75) is 13.3 Å². The molecule has 0 unspecified atom stereocenters. The van der Waals surface area contributed by atoms with Gasteiger partial charge >= 0.3 is 0 Å². The highest BCUT2D eigenvalue weighted by Crippen LogP contribution is 2.19. The van der Waals surface area contributed by atoms with Gasteiger partial charge in [0.2, 0.25) is 0 Å². The van der Waals surface area contributed by atoms with E-state index in [0.717, 1.165) is 17.5 Å². The smallest absolute Gasteiger partial charge is 0.159 e. The summed E-state index contributed by atoms with van der Waals surface area (Å²) < 4.78 is 25.3. The summed E-state index contributed by atoms with van der Waals surface area (Å²) in [6.45, 7) is 5.45. The number of hydrogen-bond acceptors (Lipinski definition) is 0. The standard InChI is InChI=1S/C11H11F2/c1-3-4-8(2)9-5-6-10(12)11(13)7-9/h3,5-7H,1,4H2,2H3. The van der Waals surface area contributed by atoms with Crippen LogP contribution < -0.4 is 0 Å². The molecule has 0 aromatic heterocycles. The van der Waals surface area contributed by atoms with Crippen LogP contribution in [0.1, 0.15) is 18.9 Å². The molecule has 1 radical (unpaired) electrons. The predicted octanol–water partition coefficient (Wildman–Crippen LogP) is 3.48. The van der Waals surface area contributed by atoms with Gasteiger partial charge in [-0.15, -0.1) is 6.58 Å². The van der Waals surface area contributed by atoms with Gasteiger partial charge in [-0.2, -0.15) is 0 Å². The van der Waals surface area contributed by atoms with E-state index < -0.39 is 11.6 Å². The van der Waals surface area contributed by atoms with Crippen molar-refractivity contribution in [1.29, 1.82) is 0 Å². The normalized spacial score (nSPS) is 10.5. The lowest BCUT2D eigenvalue weighted by Crippen LogP contribution is -1.95. The van der Waals surface area contributed by atoms with Gasteiger partial charge in [-0.1, -0.05) is 19.1 Å². The molecule has 0 amide bonds. The lowest BCUT2D eigenvalue weighted by Gasteiger charge is -2.08. The summed E-state index contributed by atoms with van der Waals surface area (Å²) in [6, 6.07) is 3.91. The summed E-state index contributed by atoms with van der Waals surface area (Å²) in [7, 11) is 0. The molecule has 2 heteroatoms. The Hall–Kier alpha value is -1.18. The van der Waals surface area contributed by atoms with E-state index in [4.69, 9.17) is 0 Å². The van der Waals surface area contributed by atoms with E-state index in [0.29, 0.717) is 6.42 Å². The van der Waals surface area contributed by atoms with Gasteiger partial charge in [0.1, 0.15) is 0 Å². The number of benzene rings is 1. The molecule has 0 aliphatic heterocycles. The zero-order valence-electron chi connectivity index (χ0n) is 7.48. The second kappa shape index (κ2) is 4.17. The molecule has 0 fully saturated rings. The van der Waals surface area contributed by atoms with E-state index in [9.17, 15) is 8.78 Å². The number of rotatable bonds is 3. The fraction of sp³-hybridized carbons (Fsp3) is 0.182. The average Bonchev–Trinajstić information content (AvgIpc) is 2.10. The molecular weight excluding hydrogens is 170 g/mol. The fourth-order valence-corrected chi connectivity index (χ4v) is 1.10. The fourth-order valence-electron chi connectivity index (χ4n) is 1.10. The Balaban J connectivity index is 2.89. The van der Waals surface area contributed by atoms with Crippen LogP contribution in [0.3, 0.4) is 0 Å². The minimum absolute atomic E-state index is 0.686. The molecule has 0 spiro atoms. The van der Waals surface area contributed by atoms with Crippen LogP contribution in [0.5, 0.6) is 0 Å². The summed E-state index contributed by atoms with van der Waals surface area (Å²) in [5, 5.41) is 0. The van der Waals surface area contributed by atoms with Crippen LogP contribution in [0.2, 0.25) is 0 Å². The van der Waals surface area contributed by atoms with E-state index in [1.165, 1.54) is 6.07 Å². The second-order valence-electron chi connectivity index (χ2n) is 2.90. The van der Waals surface area contributed by atoms with Gasteiger partial charge in [0.05, 0.1) is 0 Å². The second-order valence-corrected chi connectivity index (χ2v) is 2.90. The van der Waals surface area contributed by atoms with E-state index in [2.05, 4.69) is 6.58 Å². The van der Waals surface area contributed by atoms with Crippen molar-refractivity contribution >= 4 is 0 Å². The number of allylic oxidation sites excluding steroid dienone is 1. The maximum absolute atomic E-state index is 12.8. The van der Waals surface area contributed by atoms with Crippen molar-refractivity contribution in [3.8, 4) is 0 Å². The van der Waals surface area contributed by atoms with Gasteiger partial charge in [0.25, 0.3) is 0 Å². The number of hydrogen-bond donors (Lipinski definition) is 0. The maximum Gasteiger partial charge on any atom is 0.159 e. The minimum atomic E-state index is -0.810. The lowest BCUT2D eigenvalue weighted by atomic mass is 9.98. The monoisotopic (exact) mass is 181 g/mol. The highest BCUT2D eigenvalue weighted by Gasteiger charge is 2.07. The zero-order chi connectivity index (χ0) is 9.84. The predicted molar refractivity (Wildman–Crippen MR) is 49.2 cm³/mol. The summed E-state index contributed by atoms with van der Waals surface area (Å²) in [5.74, 6) is -0.634. The Morgan fingerprint density at radius 3 is 2.62 bits per heavy atom. The molecule has 0 saturated carbocycles. The molecule has 0 bridgehead atoms. The molecule has 0 nitrogen and oxygen atoms in total. The first kappa shape index (κ1) is 9.90. The van der Waals surface area contributed by atoms with E-state index >= 15 is 0 Å². The van der Waals surface area contributed by atoms with Crippen LogP contribution in [0.4, 0.5) is 8.78 Å². The van der Waals surface area contributed by atoms with Crippen molar-refractivity contribution in [1.82, 2.24) is 0 Å². The SMILES string of the molecule is C=CC[C](C)c1ccc(F)c(F)c1. The van der Waals surface area contributed by atoms with Crippen LogP contribution in [-0.2, 0) is 0 Å². The average molecular weight is 181 g/mol. The van der Waals surface area contributed by atoms with Crippen LogP contribution in [-0.4, -0.2) is 0 Å². The molecule has 13 heavy (non-hydrogen) atoms. The van der Waals surface area contributed by atoms with Gasteiger partial charge in [-0.05, 0) is 24.1 Å². The molecular formula is C11H11F2. The van der Waals surface area contributed by atoms with Crippen LogP contribution in [0.15, 0.2) is 30.9 Å². The summed E-state index contributed by atoms with van der Waals surface area (Å²) in [6.07, 6.45) is 2.42. The maximum atomic E-state index is 12.8. The highest BCUT2D eigenvalue weighted by molar-refractivity contribution is 5.31. The molecule has 0 aliphatic carbocycles. The molecule has 1 rings (SSSR count). The zero-order valence-corrected chi connectivity index (χ0v) is 7.48. The summed E-state index contributed by atoms with van der Waals surface area (Å²) >= 11 is 0. The Kier molecular flexibility index (Phi) is 3.18. The molecule has 69 valence electrons. The Bertz CT molecular complexity index is 305. The summed E-state index contributed by atoms with van der Waals surface area (Å²) in [4.78, 5) is 0. The Labute approximate surface area is 76.9 Å². The molecule has 0 aliphatic rings. The largest absolute Gasteiger partial charge is 0.204 e. The first-order valence-corrected chi connectivity index (χ1v) is 4.04. The van der Waals surface area contributed by atoms with Crippen molar-refractivity contribution in [2.24, 2.45) is 0 Å². The first-order valence-electron chi connectivity index (χ1n) is 4.04. The van der Waals surface area contributed by atoms with E-state index in [1.54, 1.807) is 12.1 Å². The first-order chi connectivity index (χ1) is 6.15. The van der Waals surface area contributed by atoms with Gasteiger partial charge in [0, 0.05) is 5.92 Å². The third kappa shape index (κ3) is 2.38. The lowest BCUT2D eigenvalue weighted by molar-refractivity contribution is 0.507. The van der Waals surface area contributed by atoms with Gasteiger partial charge < -0.3 is 0 Å². The molecule has 0 N–H and O–H groups in total.